The molecule has 3 aromatic rings. The molecule has 1 fully saturated rings. The van der Waals surface area contributed by atoms with Gasteiger partial charge in [-0.05, 0) is 38.3 Å². The Morgan fingerprint density at radius 3 is 2.74 bits per heavy atom. The highest BCUT2D eigenvalue weighted by Gasteiger charge is 2.25. The van der Waals surface area contributed by atoms with Crippen LogP contribution in [0.2, 0.25) is 0 Å². The molecule has 4 rings (SSSR count). The largest absolute Gasteiger partial charge is 0.319 e. The van der Waals surface area contributed by atoms with Gasteiger partial charge in [0.1, 0.15) is 17.8 Å². The van der Waals surface area contributed by atoms with Crippen molar-refractivity contribution in [2.75, 3.05) is 13.1 Å². The second kappa shape index (κ2) is 7.59. The van der Waals surface area contributed by atoms with E-state index in [1.807, 2.05) is 35.0 Å². The van der Waals surface area contributed by atoms with Crippen molar-refractivity contribution in [3.05, 3.63) is 30.7 Å². The summed E-state index contributed by atoms with van der Waals surface area (Å²) >= 11 is 0. The van der Waals surface area contributed by atoms with Crippen LogP contribution >= 0.6 is 0 Å². The number of aromatic nitrogens is 8. The van der Waals surface area contributed by atoms with E-state index in [9.17, 15) is 0 Å². The molecule has 1 aliphatic rings. The van der Waals surface area contributed by atoms with Gasteiger partial charge in [-0.25, -0.2) is 14.6 Å². The van der Waals surface area contributed by atoms with Crippen molar-refractivity contribution >= 4 is 0 Å². The van der Waals surface area contributed by atoms with Gasteiger partial charge in [-0.2, -0.15) is 5.10 Å². The maximum Gasteiger partial charge on any atom is 0.162 e. The van der Waals surface area contributed by atoms with Crippen molar-refractivity contribution in [3.8, 4) is 11.5 Å². The Morgan fingerprint density at radius 2 is 2.04 bits per heavy atom. The lowest BCUT2D eigenvalue weighted by molar-refractivity contribution is 0.337. The summed E-state index contributed by atoms with van der Waals surface area (Å²) in [6.45, 7) is 6.48. The molecular weight excluding hydrogens is 342 g/mol. The van der Waals surface area contributed by atoms with E-state index in [0.717, 1.165) is 49.7 Å². The second-order valence-electron chi connectivity index (χ2n) is 7.61. The number of hydrogen-bond acceptors (Lipinski definition) is 6. The van der Waals surface area contributed by atoms with E-state index in [1.54, 1.807) is 6.33 Å². The molecule has 144 valence electrons. The number of hydrogen-bond donors (Lipinski definition) is 1. The summed E-state index contributed by atoms with van der Waals surface area (Å²) in [6.07, 6.45) is 10.5. The Balaban J connectivity index is 1.67. The molecule has 0 saturated carbocycles. The lowest BCUT2D eigenvalue weighted by Crippen LogP contribution is -2.29. The molecule has 1 N–H and O–H groups in total. The van der Waals surface area contributed by atoms with Gasteiger partial charge in [0.25, 0.3) is 0 Å². The minimum Gasteiger partial charge on any atom is -0.319 e. The van der Waals surface area contributed by atoms with E-state index in [4.69, 9.17) is 0 Å². The van der Waals surface area contributed by atoms with Gasteiger partial charge in [0.2, 0.25) is 0 Å². The number of aryl methyl sites for hydroxylation is 1. The first-order valence-electron chi connectivity index (χ1n) is 9.63. The van der Waals surface area contributed by atoms with E-state index in [1.165, 1.54) is 0 Å². The molecule has 0 aliphatic carbocycles. The van der Waals surface area contributed by atoms with Crippen LogP contribution in [0.25, 0.3) is 11.5 Å². The summed E-state index contributed by atoms with van der Waals surface area (Å²) in [5.41, 5.74) is 0.800. The van der Waals surface area contributed by atoms with Crippen LogP contribution in [-0.4, -0.2) is 52.4 Å². The summed E-state index contributed by atoms with van der Waals surface area (Å²) in [7, 11) is 1.93. The number of nitrogens with zero attached hydrogens (tertiary/aromatic N) is 8. The normalized spacial score (nSPS) is 16.9. The summed E-state index contributed by atoms with van der Waals surface area (Å²) in [5, 5.41) is 16.5. The van der Waals surface area contributed by atoms with Gasteiger partial charge in [0, 0.05) is 19.4 Å². The molecule has 0 spiro atoms. The average molecular weight is 369 g/mol. The molecule has 1 aliphatic heterocycles. The molecule has 9 nitrogen and oxygen atoms in total. The maximum atomic E-state index is 4.59. The molecule has 9 heteroatoms. The first kappa shape index (κ1) is 17.8. The Bertz CT molecular complexity index is 869. The summed E-state index contributed by atoms with van der Waals surface area (Å²) in [6, 6.07) is 0.458. The van der Waals surface area contributed by atoms with Crippen LogP contribution in [0.5, 0.6) is 0 Å². The third-order valence-electron chi connectivity index (χ3n) is 5.17. The van der Waals surface area contributed by atoms with Crippen molar-refractivity contribution in [2.45, 2.75) is 45.2 Å². The fourth-order valence-electron chi connectivity index (χ4n) is 3.79. The second-order valence-corrected chi connectivity index (χ2v) is 7.61. The fourth-order valence-corrected chi connectivity index (χ4v) is 3.79. The molecular formula is C18H27N9. The van der Waals surface area contributed by atoms with Crippen molar-refractivity contribution in [3.63, 3.8) is 0 Å². The average Bonchev–Trinajstić information content (AvgIpc) is 3.40. The molecule has 0 bridgehead atoms. The Morgan fingerprint density at radius 1 is 1.22 bits per heavy atom. The lowest BCUT2D eigenvalue weighted by Gasteiger charge is -2.22. The van der Waals surface area contributed by atoms with Crippen LogP contribution in [0, 0.1) is 5.92 Å². The van der Waals surface area contributed by atoms with Gasteiger partial charge in [0.05, 0.1) is 18.3 Å². The number of imidazole rings is 1. The van der Waals surface area contributed by atoms with E-state index in [2.05, 4.69) is 49.1 Å². The van der Waals surface area contributed by atoms with Crippen LogP contribution in [0.4, 0.5) is 0 Å². The topological polar surface area (TPSA) is 91.3 Å². The third kappa shape index (κ3) is 3.64. The number of nitrogens with one attached hydrogen (secondary N) is 1. The third-order valence-corrected chi connectivity index (χ3v) is 5.17. The number of piperidine rings is 1. The summed E-state index contributed by atoms with van der Waals surface area (Å²) in [4.78, 5) is 9.08. The van der Waals surface area contributed by atoms with Crippen LogP contribution in [0.3, 0.4) is 0 Å². The molecule has 0 radical (unpaired) electrons. The van der Waals surface area contributed by atoms with E-state index in [0.29, 0.717) is 12.0 Å². The molecule has 1 atom stereocenters. The predicted molar refractivity (Wildman–Crippen MR) is 101 cm³/mol. The predicted octanol–water partition coefficient (Wildman–Crippen LogP) is 1.83. The molecule has 4 heterocycles. The van der Waals surface area contributed by atoms with Crippen LogP contribution < -0.4 is 5.32 Å². The van der Waals surface area contributed by atoms with Crippen LogP contribution in [-0.2, 0) is 7.05 Å². The fraction of sp³-hybridized carbons (Fsp3) is 0.611. The van der Waals surface area contributed by atoms with Crippen molar-refractivity contribution in [1.82, 2.24) is 44.6 Å². The molecule has 0 aromatic carbocycles. The van der Waals surface area contributed by atoms with E-state index >= 15 is 0 Å². The van der Waals surface area contributed by atoms with Crippen LogP contribution in [0.1, 0.15) is 51.0 Å². The first-order chi connectivity index (χ1) is 13.1. The minimum atomic E-state index is 0.0547. The highest BCUT2D eigenvalue weighted by atomic mass is 15.4. The zero-order valence-corrected chi connectivity index (χ0v) is 16.2. The smallest absolute Gasteiger partial charge is 0.162 e. The zero-order chi connectivity index (χ0) is 18.8. The number of rotatable bonds is 6. The quantitative estimate of drug-likeness (QED) is 0.713. The Kier molecular flexibility index (Phi) is 5.02. The van der Waals surface area contributed by atoms with Crippen molar-refractivity contribution < 1.29 is 0 Å². The van der Waals surface area contributed by atoms with Gasteiger partial charge >= 0.3 is 0 Å². The Labute approximate surface area is 158 Å². The monoisotopic (exact) mass is 369 g/mol. The molecule has 3 aromatic heterocycles. The van der Waals surface area contributed by atoms with Gasteiger partial charge in [-0.1, -0.05) is 19.1 Å². The SMILES string of the molecule is CC(C)C[C@H](c1ncnn1C)n1ccnc1-c1cn(C2CCNCC2)nn1. The van der Waals surface area contributed by atoms with Gasteiger partial charge in [-0.15, -0.1) is 5.10 Å². The first-order valence-corrected chi connectivity index (χ1v) is 9.63. The van der Waals surface area contributed by atoms with Gasteiger partial charge in [0.15, 0.2) is 5.82 Å². The zero-order valence-electron chi connectivity index (χ0n) is 16.2. The van der Waals surface area contributed by atoms with Crippen molar-refractivity contribution in [1.29, 1.82) is 0 Å². The van der Waals surface area contributed by atoms with E-state index < -0.39 is 0 Å². The van der Waals surface area contributed by atoms with Crippen LogP contribution in [0.15, 0.2) is 24.9 Å². The molecule has 27 heavy (non-hydrogen) atoms. The van der Waals surface area contributed by atoms with Crippen molar-refractivity contribution in [2.24, 2.45) is 13.0 Å². The molecule has 0 unspecified atom stereocenters. The Hall–Kier alpha value is -2.55. The summed E-state index contributed by atoms with van der Waals surface area (Å²) in [5.74, 6) is 2.25. The highest BCUT2D eigenvalue weighted by molar-refractivity contribution is 5.48. The molecule has 1 saturated heterocycles. The van der Waals surface area contributed by atoms with Gasteiger partial charge < -0.3 is 9.88 Å². The maximum absolute atomic E-state index is 4.59. The lowest BCUT2D eigenvalue weighted by atomic mass is 10.0. The standard InChI is InChI=1S/C18H27N9/c1-13(2)10-16(18-21-12-22-25(18)3)26-9-8-20-17(26)15-11-27(24-23-15)14-4-6-19-7-5-14/h8-9,11-14,16,19H,4-7,10H2,1-3H3/t16-/m1/s1. The van der Waals surface area contributed by atoms with Gasteiger partial charge in [-0.3, -0.25) is 4.68 Å². The van der Waals surface area contributed by atoms with E-state index in [-0.39, 0.29) is 6.04 Å². The molecule has 0 amide bonds. The minimum absolute atomic E-state index is 0.0547. The summed E-state index contributed by atoms with van der Waals surface area (Å²) < 4.78 is 5.98. The highest BCUT2D eigenvalue weighted by Crippen LogP contribution is 2.29.